The third kappa shape index (κ3) is 2.86. The summed E-state index contributed by atoms with van der Waals surface area (Å²) in [6.07, 6.45) is 5.47. The second-order valence-electron chi connectivity index (χ2n) is 8.03. The SMILES string of the molecule is CN1C[C@@]2(CCN(C(=O)C3(c4ccc(Cl)cc4)CCCCC3)C2)OC1=O. The summed E-state index contributed by atoms with van der Waals surface area (Å²) in [4.78, 5) is 29.0. The van der Waals surface area contributed by atoms with Crippen molar-refractivity contribution in [3.8, 4) is 0 Å². The van der Waals surface area contributed by atoms with Crippen molar-refractivity contribution in [3.05, 3.63) is 34.9 Å². The van der Waals surface area contributed by atoms with Gasteiger partial charge in [-0.05, 0) is 30.5 Å². The van der Waals surface area contributed by atoms with Gasteiger partial charge in [0.2, 0.25) is 5.91 Å². The number of amides is 2. The van der Waals surface area contributed by atoms with Gasteiger partial charge in [0, 0.05) is 25.0 Å². The van der Waals surface area contributed by atoms with Crippen molar-refractivity contribution in [1.29, 1.82) is 0 Å². The first kappa shape index (κ1) is 17.7. The molecule has 1 spiro atoms. The van der Waals surface area contributed by atoms with Crippen LogP contribution in [0.1, 0.15) is 44.1 Å². The zero-order valence-corrected chi connectivity index (χ0v) is 15.9. The lowest BCUT2D eigenvalue weighted by atomic mass is 9.68. The number of benzene rings is 1. The van der Waals surface area contributed by atoms with Crippen LogP contribution in [0.2, 0.25) is 5.02 Å². The molecule has 1 aromatic rings. The standard InChI is InChI=1S/C20H25ClN2O3/c1-22-13-19(26-18(22)25)11-12-23(14-19)17(24)20(9-3-2-4-10-20)15-5-7-16(21)8-6-15/h5-8H,2-4,9-14H2,1H3/t19-/m1/s1. The van der Waals surface area contributed by atoms with Crippen LogP contribution in [0.25, 0.3) is 0 Å². The molecule has 1 saturated carbocycles. The highest BCUT2D eigenvalue weighted by Gasteiger charge is 2.52. The maximum atomic E-state index is 13.6. The smallest absolute Gasteiger partial charge is 0.410 e. The Hall–Kier alpha value is -1.75. The molecule has 1 aliphatic carbocycles. The molecule has 0 unspecified atom stereocenters. The fraction of sp³-hybridized carbons (Fsp3) is 0.600. The highest BCUT2D eigenvalue weighted by molar-refractivity contribution is 6.30. The van der Waals surface area contributed by atoms with Crippen LogP contribution < -0.4 is 0 Å². The predicted octanol–water partition coefficient (Wildman–Crippen LogP) is 3.60. The molecule has 1 aromatic carbocycles. The molecular formula is C20H25ClN2O3. The number of rotatable bonds is 2. The van der Waals surface area contributed by atoms with Gasteiger partial charge >= 0.3 is 6.09 Å². The lowest BCUT2D eigenvalue weighted by molar-refractivity contribution is -0.138. The fourth-order valence-electron chi connectivity index (χ4n) is 4.88. The van der Waals surface area contributed by atoms with E-state index in [-0.39, 0.29) is 12.0 Å². The average Bonchev–Trinajstić information content (AvgIpc) is 3.17. The van der Waals surface area contributed by atoms with Crippen LogP contribution in [0.4, 0.5) is 4.79 Å². The van der Waals surface area contributed by atoms with E-state index in [0.717, 1.165) is 31.2 Å². The zero-order chi connectivity index (χ0) is 18.4. The van der Waals surface area contributed by atoms with Crippen LogP contribution in [-0.2, 0) is 14.9 Å². The largest absolute Gasteiger partial charge is 0.439 e. The zero-order valence-electron chi connectivity index (χ0n) is 15.2. The number of carbonyl (C=O) groups is 2. The van der Waals surface area contributed by atoms with Crippen LogP contribution in [0, 0.1) is 0 Å². The molecule has 0 aromatic heterocycles. The van der Waals surface area contributed by atoms with Crippen molar-refractivity contribution in [1.82, 2.24) is 9.80 Å². The molecule has 3 aliphatic rings. The van der Waals surface area contributed by atoms with Crippen molar-refractivity contribution < 1.29 is 14.3 Å². The summed E-state index contributed by atoms with van der Waals surface area (Å²) < 4.78 is 5.62. The minimum atomic E-state index is -0.530. The third-order valence-electron chi connectivity index (χ3n) is 6.26. The Morgan fingerprint density at radius 3 is 2.38 bits per heavy atom. The van der Waals surface area contributed by atoms with Crippen molar-refractivity contribution in [2.24, 2.45) is 0 Å². The number of hydrogen-bond acceptors (Lipinski definition) is 3. The van der Waals surface area contributed by atoms with Crippen LogP contribution >= 0.6 is 11.6 Å². The summed E-state index contributed by atoms with van der Waals surface area (Å²) in [5.74, 6) is 0.182. The topological polar surface area (TPSA) is 49.9 Å². The first-order chi connectivity index (χ1) is 12.4. The second kappa shape index (κ2) is 6.45. The van der Waals surface area contributed by atoms with E-state index in [1.807, 2.05) is 29.2 Å². The molecule has 0 radical (unpaired) electrons. The first-order valence-corrected chi connectivity index (χ1v) is 9.82. The summed E-state index contributed by atoms with van der Waals surface area (Å²) in [6, 6.07) is 7.75. The Morgan fingerprint density at radius 1 is 1.08 bits per heavy atom. The molecular weight excluding hydrogens is 352 g/mol. The Labute approximate surface area is 159 Å². The molecule has 1 atom stereocenters. The maximum absolute atomic E-state index is 13.6. The van der Waals surface area contributed by atoms with Gasteiger partial charge in [0.25, 0.3) is 0 Å². The summed E-state index contributed by atoms with van der Waals surface area (Å²) in [5.41, 5.74) is 0.0633. The number of ether oxygens (including phenoxy) is 1. The van der Waals surface area contributed by atoms with Crippen LogP contribution in [-0.4, -0.2) is 54.1 Å². The van der Waals surface area contributed by atoms with E-state index < -0.39 is 11.0 Å². The van der Waals surface area contributed by atoms with Crippen molar-refractivity contribution in [2.45, 2.75) is 49.5 Å². The summed E-state index contributed by atoms with van der Waals surface area (Å²) in [5, 5.41) is 0.688. The molecule has 4 rings (SSSR count). The molecule has 2 amide bonds. The predicted molar refractivity (Wildman–Crippen MR) is 99.3 cm³/mol. The van der Waals surface area contributed by atoms with E-state index in [1.54, 1.807) is 11.9 Å². The van der Waals surface area contributed by atoms with Gasteiger partial charge in [-0.3, -0.25) is 4.79 Å². The number of likely N-dealkylation sites (tertiary alicyclic amines) is 1. The van der Waals surface area contributed by atoms with E-state index in [2.05, 4.69) is 0 Å². The van der Waals surface area contributed by atoms with E-state index >= 15 is 0 Å². The Bertz CT molecular complexity index is 714. The third-order valence-corrected chi connectivity index (χ3v) is 6.51. The van der Waals surface area contributed by atoms with Gasteiger partial charge in [0.1, 0.15) is 0 Å². The first-order valence-electron chi connectivity index (χ1n) is 9.44. The lowest BCUT2D eigenvalue weighted by Gasteiger charge is -2.39. The molecule has 6 heteroatoms. The lowest BCUT2D eigenvalue weighted by Crippen LogP contribution is -2.49. The van der Waals surface area contributed by atoms with E-state index in [4.69, 9.17) is 16.3 Å². The molecule has 5 nitrogen and oxygen atoms in total. The van der Waals surface area contributed by atoms with Crippen molar-refractivity contribution in [3.63, 3.8) is 0 Å². The van der Waals surface area contributed by atoms with Crippen molar-refractivity contribution in [2.75, 3.05) is 26.7 Å². The van der Waals surface area contributed by atoms with Crippen LogP contribution in [0.5, 0.6) is 0 Å². The molecule has 2 aliphatic heterocycles. The Kier molecular flexibility index (Phi) is 4.38. The summed E-state index contributed by atoms with van der Waals surface area (Å²) >= 11 is 6.06. The molecule has 2 heterocycles. The van der Waals surface area contributed by atoms with Crippen LogP contribution in [0.3, 0.4) is 0 Å². The highest BCUT2D eigenvalue weighted by atomic mass is 35.5. The maximum Gasteiger partial charge on any atom is 0.410 e. The average molecular weight is 377 g/mol. The quantitative estimate of drug-likeness (QED) is 0.792. The van der Waals surface area contributed by atoms with Gasteiger partial charge < -0.3 is 14.5 Å². The minimum Gasteiger partial charge on any atom is -0.439 e. The van der Waals surface area contributed by atoms with Gasteiger partial charge in [-0.2, -0.15) is 0 Å². The molecule has 3 fully saturated rings. The highest BCUT2D eigenvalue weighted by Crippen LogP contribution is 2.43. The van der Waals surface area contributed by atoms with Gasteiger partial charge in [-0.15, -0.1) is 0 Å². The molecule has 26 heavy (non-hydrogen) atoms. The molecule has 0 bridgehead atoms. The summed E-state index contributed by atoms with van der Waals surface area (Å²) in [6.45, 7) is 1.70. The number of carbonyl (C=O) groups excluding carboxylic acids is 2. The van der Waals surface area contributed by atoms with Gasteiger partial charge in [0.05, 0.1) is 18.5 Å². The fourth-order valence-corrected chi connectivity index (χ4v) is 5.00. The van der Waals surface area contributed by atoms with E-state index in [0.29, 0.717) is 31.1 Å². The van der Waals surface area contributed by atoms with Gasteiger partial charge in [0.15, 0.2) is 5.60 Å². The Balaban J connectivity index is 1.60. The van der Waals surface area contributed by atoms with Crippen LogP contribution in [0.15, 0.2) is 24.3 Å². The summed E-state index contributed by atoms with van der Waals surface area (Å²) in [7, 11) is 1.75. The number of nitrogens with zero attached hydrogens (tertiary/aromatic N) is 2. The molecule has 2 saturated heterocycles. The second-order valence-corrected chi connectivity index (χ2v) is 8.47. The molecule has 140 valence electrons. The van der Waals surface area contributed by atoms with Gasteiger partial charge in [-0.1, -0.05) is 43.0 Å². The number of likely N-dealkylation sites (N-methyl/N-ethyl adjacent to an activating group) is 1. The van der Waals surface area contributed by atoms with Gasteiger partial charge in [-0.25, -0.2) is 4.79 Å². The molecule has 0 N–H and O–H groups in total. The number of halogens is 1. The van der Waals surface area contributed by atoms with E-state index in [1.165, 1.54) is 6.42 Å². The number of hydrogen-bond donors (Lipinski definition) is 0. The van der Waals surface area contributed by atoms with E-state index in [9.17, 15) is 9.59 Å². The van der Waals surface area contributed by atoms with Crippen molar-refractivity contribution >= 4 is 23.6 Å². The minimum absolute atomic E-state index is 0.182. The monoisotopic (exact) mass is 376 g/mol. The Morgan fingerprint density at radius 2 is 1.77 bits per heavy atom. The normalized spacial score (nSPS) is 27.8.